The number of benzene rings is 1. The molecule has 0 N–H and O–H groups in total. The monoisotopic (exact) mass is 146 g/mol. The van der Waals surface area contributed by atoms with E-state index in [1.54, 1.807) is 0 Å². The molecule has 0 unspecified atom stereocenters. The van der Waals surface area contributed by atoms with Crippen LogP contribution in [0.15, 0.2) is 30.0 Å². The zero-order valence-corrected chi connectivity index (χ0v) is 6.37. The number of para-hydroxylation sites is 1. The molecule has 0 saturated carbocycles. The molecule has 1 aliphatic heterocycles. The minimum Gasteiger partial charge on any atom is -0.536 e. The minimum atomic E-state index is 0.488. The first kappa shape index (κ1) is 5.74. The van der Waals surface area contributed by atoms with Gasteiger partial charge in [-0.2, -0.15) is 0 Å². The van der Waals surface area contributed by atoms with E-state index in [4.69, 9.17) is 4.43 Å². The minimum absolute atomic E-state index is 0.488. The summed E-state index contributed by atoms with van der Waals surface area (Å²) in [6, 6.07) is 8.05. The Balaban J connectivity index is 2.54. The van der Waals surface area contributed by atoms with E-state index in [1.807, 2.05) is 23.9 Å². The molecule has 0 aromatic heterocycles. The summed E-state index contributed by atoms with van der Waals surface area (Å²) in [7, 11) is 0.488. The summed E-state index contributed by atoms with van der Waals surface area (Å²) in [6.45, 7) is 0. The maximum atomic E-state index is 5.36. The average Bonchev–Trinajstić information content (AvgIpc) is 2.05. The quantitative estimate of drug-likeness (QED) is 0.506. The predicted octanol–water partition coefficient (Wildman–Crippen LogP) is 1.67. The van der Waals surface area contributed by atoms with Crippen molar-refractivity contribution in [2.24, 2.45) is 0 Å². The lowest BCUT2D eigenvalue weighted by Gasteiger charge is -2.09. The van der Waals surface area contributed by atoms with Crippen molar-refractivity contribution >= 4 is 15.8 Å². The largest absolute Gasteiger partial charge is 0.536 e. The van der Waals surface area contributed by atoms with Gasteiger partial charge in [0.2, 0.25) is 0 Å². The van der Waals surface area contributed by atoms with Crippen LogP contribution in [0.2, 0.25) is 0 Å². The Kier molecular flexibility index (Phi) is 1.32. The van der Waals surface area contributed by atoms with Crippen LogP contribution in [0.3, 0.4) is 0 Å². The molecule has 1 aromatic rings. The third kappa shape index (κ3) is 0.865. The third-order valence-corrected chi connectivity index (χ3v) is 2.06. The molecule has 1 heterocycles. The molecule has 2 heteroatoms. The highest BCUT2D eigenvalue weighted by Gasteiger charge is 2.02. The van der Waals surface area contributed by atoms with E-state index in [-0.39, 0.29) is 0 Å². The van der Waals surface area contributed by atoms with Crippen LogP contribution in [0, 0.1) is 0 Å². The van der Waals surface area contributed by atoms with Crippen LogP contribution in [-0.2, 0) is 0 Å². The smallest absolute Gasteiger partial charge is 0.343 e. The fourth-order valence-electron chi connectivity index (χ4n) is 0.932. The second kappa shape index (κ2) is 2.31. The second-order valence-electron chi connectivity index (χ2n) is 2.09. The Bertz CT molecular complexity index is 268. The summed E-state index contributed by atoms with van der Waals surface area (Å²) in [6.07, 6.45) is 2.09. The molecule has 0 bridgehead atoms. The van der Waals surface area contributed by atoms with Gasteiger partial charge < -0.3 is 4.43 Å². The molecule has 1 nitrogen and oxygen atoms in total. The number of fused-ring (bicyclic) bond motifs is 1. The van der Waals surface area contributed by atoms with Crippen molar-refractivity contribution in [3.63, 3.8) is 0 Å². The van der Waals surface area contributed by atoms with Crippen molar-refractivity contribution in [3.05, 3.63) is 35.5 Å². The molecular weight excluding hydrogens is 140 g/mol. The van der Waals surface area contributed by atoms with E-state index < -0.39 is 0 Å². The predicted molar refractivity (Wildman–Crippen MR) is 41.9 cm³/mol. The Labute approximate surface area is 62.3 Å². The molecule has 0 saturated heterocycles. The van der Waals surface area contributed by atoms with Gasteiger partial charge >= 0.3 is 9.76 Å². The molecule has 1 aliphatic rings. The van der Waals surface area contributed by atoms with Crippen LogP contribution in [0.4, 0.5) is 0 Å². The van der Waals surface area contributed by atoms with Gasteiger partial charge in [0.1, 0.15) is 5.75 Å². The normalized spacial score (nSPS) is 14.0. The van der Waals surface area contributed by atoms with Gasteiger partial charge in [-0.15, -0.1) is 0 Å². The van der Waals surface area contributed by atoms with E-state index in [1.165, 1.54) is 5.56 Å². The van der Waals surface area contributed by atoms with Gasteiger partial charge in [-0.1, -0.05) is 30.0 Å². The van der Waals surface area contributed by atoms with Crippen molar-refractivity contribution in [1.29, 1.82) is 0 Å². The lowest BCUT2D eigenvalue weighted by Crippen LogP contribution is -2.03. The maximum absolute atomic E-state index is 5.36. The molecule has 48 valence electrons. The second-order valence-corrected chi connectivity index (χ2v) is 2.86. The van der Waals surface area contributed by atoms with Crippen molar-refractivity contribution < 1.29 is 4.43 Å². The third-order valence-electron chi connectivity index (χ3n) is 1.42. The maximum Gasteiger partial charge on any atom is 0.343 e. The summed E-state index contributed by atoms with van der Waals surface area (Å²) in [5.41, 5.74) is 3.23. The number of hydrogen-bond acceptors (Lipinski definition) is 1. The van der Waals surface area contributed by atoms with Crippen LogP contribution >= 0.6 is 0 Å². The molecule has 0 amide bonds. The molecule has 0 fully saturated rings. The number of rotatable bonds is 0. The Hall–Kier alpha value is -1.02. The van der Waals surface area contributed by atoms with Crippen LogP contribution in [0.1, 0.15) is 5.56 Å². The summed E-state index contributed by atoms with van der Waals surface area (Å²) in [4.78, 5) is 0. The SMILES string of the molecule is C1=Cc2ccccc2O[Si]1. The van der Waals surface area contributed by atoms with E-state index in [9.17, 15) is 0 Å². The fourth-order valence-corrected chi connectivity index (χ4v) is 1.56. The van der Waals surface area contributed by atoms with Gasteiger partial charge in [0.25, 0.3) is 0 Å². The molecule has 2 radical (unpaired) electrons. The summed E-state index contributed by atoms with van der Waals surface area (Å²) in [5, 5.41) is 0. The van der Waals surface area contributed by atoms with Gasteiger partial charge in [-0.25, -0.2) is 0 Å². The van der Waals surface area contributed by atoms with Gasteiger partial charge in [0, 0.05) is 5.56 Å². The van der Waals surface area contributed by atoms with Gasteiger partial charge in [0.05, 0.1) is 0 Å². The van der Waals surface area contributed by atoms with E-state index in [2.05, 4.69) is 12.1 Å². The molecule has 2 rings (SSSR count). The van der Waals surface area contributed by atoms with E-state index in [0.717, 1.165) is 5.75 Å². The Morgan fingerprint density at radius 2 is 2.10 bits per heavy atom. The number of hydrogen-bond donors (Lipinski definition) is 0. The first-order valence-corrected chi connectivity index (χ1v) is 4.13. The first-order chi connectivity index (χ1) is 4.97. The highest BCUT2D eigenvalue weighted by atomic mass is 28.2. The van der Waals surface area contributed by atoms with Crippen molar-refractivity contribution in [2.45, 2.75) is 0 Å². The van der Waals surface area contributed by atoms with Gasteiger partial charge in [-0.3, -0.25) is 0 Å². The summed E-state index contributed by atoms with van der Waals surface area (Å²) >= 11 is 0. The Morgan fingerprint density at radius 3 is 3.00 bits per heavy atom. The molecule has 1 aromatic carbocycles. The van der Waals surface area contributed by atoms with Gasteiger partial charge in [-0.05, 0) is 6.07 Å². The van der Waals surface area contributed by atoms with Crippen LogP contribution in [0.25, 0.3) is 6.08 Å². The summed E-state index contributed by atoms with van der Waals surface area (Å²) in [5.74, 6) is 1.00. The lowest BCUT2D eigenvalue weighted by atomic mass is 10.2. The summed E-state index contributed by atoms with van der Waals surface area (Å²) < 4.78 is 5.36. The molecule has 0 spiro atoms. The van der Waals surface area contributed by atoms with E-state index in [0.29, 0.717) is 9.76 Å². The zero-order chi connectivity index (χ0) is 6.81. The molecule has 0 aliphatic carbocycles. The Morgan fingerprint density at radius 1 is 1.20 bits per heavy atom. The van der Waals surface area contributed by atoms with Crippen LogP contribution in [-0.4, -0.2) is 9.76 Å². The highest BCUT2D eigenvalue weighted by molar-refractivity contribution is 6.37. The van der Waals surface area contributed by atoms with Gasteiger partial charge in [0.15, 0.2) is 0 Å². The molecule has 0 atom stereocenters. The highest BCUT2D eigenvalue weighted by Crippen LogP contribution is 2.21. The average molecular weight is 146 g/mol. The van der Waals surface area contributed by atoms with Crippen molar-refractivity contribution in [2.75, 3.05) is 0 Å². The van der Waals surface area contributed by atoms with Crippen molar-refractivity contribution in [3.8, 4) is 5.75 Å². The first-order valence-electron chi connectivity index (χ1n) is 3.15. The van der Waals surface area contributed by atoms with Crippen molar-refractivity contribution in [1.82, 2.24) is 0 Å². The van der Waals surface area contributed by atoms with E-state index >= 15 is 0 Å². The standard InChI is InChI=1S/C8H6OSi/c1-2-4-8-7(3-1)5-6-10-9-8/h1-6H. The topological polar surface area (TPSA) is 9.23 Å². The lowest BCUT2D eigenvalue weighted by molar-refractivity contribution is 0.599. The fraction of sp³-hybridized carbons (Fsp3) is 0. The zero-order valence-electron chi connectivity index (χ0n) is 5.37. The van der Waals surface area contributed by atoms with Crippen LogP contribution < -0.4 is 4.43 Å². The van der Waals surface area contributed by atoms with Crippen LogP contribution in [0.5, 0.6) is 5.75 Å². The molecule has 10 heavy (non-hydrogen) atoms. The molecular formula is C8H6OSi.